The molecule has 0 radical (unpaired) electrons. The Kier molecular flexibility index (Phi) is 4.91. The first-order chi connectivity index (χ1) is 9.73. The summed E-state index contributed by atoms with van der Waals surface area (Å²) >= 11 is 3.39. The molecule has 1 saturated heterocycles. The lowest BCUT2D eigenvalue weighted by molar-refractivity contribution is -0.0149. The smallest absolute Gasteiger partial charge is 0.399 e. The van der Waals surface area contributed by atoms with E-state index in [9.17, 15) is 8.78 Å². The average Bonchev–Trinajstić information content (AvgIpc) is 2.60. The molecule has 114 valence electrons. The van der Waals surface area contributed by atoms with Gasteiger partial charge in [-0.15, -0.1) is 0 Å². The summed E-state index contributed by atoms with van der Waals surface area (Å²) < 4.78 is 37.4. The van der Waals surface area contributed by atoms with Gasteiger partial charge in [0.2, 0.25) is 0 Å². The first kappa shape index (κ1) is 16.7. The van der Waals surface area contributed by atoms with Crippen LogP contribution in [0.4, 0.5) is 8.78 Å². The van der Waals surface area contributed by atoms with Crippen LogP contribution in [-0.2, 0) is 9.31 Å². The summed E-state index contributed by atoms with van der Waals surface area (Å²) in [7, 11) is -0.475. The Labute approximate surface area is 132 Å². The molecule has 1 aliphatic heterocycles. The average molecular weight is 359 g/mol. The number of hydrogen-bond donors (Lipinski definition) is 0. The molecule has 2 nitrogen and oxygen atoms in total. The summed E-state index contributed by atoms with van der Waals surface area (Å²) in [5.74, 6) is 0. The lowest BCUT2D eigenvalue weighted by Crippen LogP contribution is -2.44. The van der Waals surface area contributed by atoms with Gasteiger partial charge in [-0.05, 0) is 57.3 Å². The van der Waals surface area contributed by atoms with Crippen LogP contribution in [0.5, 0.6) is 0 Å². The van der Waals surface area contributed by atoms with Crippen molar-refractivity contribution < 1.29 is 18.1 Å². The van der Waals surface area contributed by atoms with Gasteiger partial charge in [0.05, 0.1) is 11.2 Å². The Bertz CT molecular complexity index is 529. The van der Waals surface area contributed by atoms with Gasteiger partial charge in [0.1, 0.15) is 0 Å². The van der Waals surface area contributed by atoms with E-state index in [2.05, 4.69) is 15.9 Å². The molecule has 0 saturated carbocycles. The van der Waals surface area contributed by atoms with Crippen LogP contribution in [0.2, 0.25) is 0 Å². The Balaban J connectivity index is 2.13. The van der Waals surface area contributed by atoms with E-state index in [1.807, 2.05) is 45.0 Å². The lowest BCUT2D eigenvalue weighted by Gasteiger charge is -2.36. The van der Waals surface area contributed by atoms with Crippen molar-refractivity contribution in [2.24, 2.45) is 0 Å². The van der Waals surface area contributed by atoms with Gasteiger partial charge < -0.3 is 9.31 Å². The van der Waals surface area contributed by atoms with E-state index in [-0.39, 0.29) is 6.42 Å². The molecular weight excluding hydrogens is 341 g/mol. The SMILES string of the molecule is CC1(C)OB(c2ccc(Br)cc2)OC1(C)CCC=C(F)F. The Morgan fingerprint density at radius 2 is 1.81 bits per heavy atom. The predicted molar refractivity (Wildman–Crippen MR) is 83.7 cm³/mol. The van der Waals surface area contributed by atoms with Crippen molar-refractivity contribution in [1.82, 2.24) is 0 Å². The van der Waals surface area contributed by atoms with Crippen LogP contribution in [0.15, 0.2) is 40.9 Å². The van der Waals surface area contributed by atoms with E-state index in [0.29, 0.717) is 6.42 Å². The zero-order chi connectivity index (χ0) is 15.7. The second kappa shape index (κ2) is 6.19. The minimum atomic E-state index is -1.65. The van der Waals surface area contributed by atoms with E-state index < -0.39 is 24.4 Å². The second-order valence-corrected chi connectivity index (χ2v) is 6.81. The summed E-state index contributed by atoms with van der Waals surface area (Å²) in [4.78, 5) is 0. The van der Waals surface area contributed by atoms with Crippen molar-refractivity contribution in [1.29, 1.82) is 0 Å². The molecule has 1 aromatic carbocycles. The van der Waals surface area contributed by atoms with Gasteiger partial charge in [0.25, 0.3) is 6.08 Å². The molecule has 1 heterocycles. The summed E-state index contributed by atoms with van der Waals surface area (Å²) in [6, 6.07) is 7.70. The van der Waals surface area contributed by atoms with Crippen molar-refractivity contribution in [3.63, 3.8) is 0 Å². The quantitative estimate of drug-likeness (QED) is 0.747. The van der Waals surface area contributed by atoms with Crippen LogP contribution < -0.4 is 5.46 Å². The Hall–Kier alpha value is -0.715. The highest BCUT2D eigenvalue weighted by Crippen LogP contribution is 2.40. The molecule has 0 spiro atoms. The molecule has 1 aliphatic rings. The first-order valence-electron chi connectivity index (χ1n) is 6.86. The van der Waals surface area contributed by atoms with Gasteiger partial charge in [0.15, 0.2) is 0 Å². The number of benzene rings is 1. The minimum Gasteiger partial charge on any atom is -0.399 e. The molecule has 0 N–H and O–H groups in total. The highest BCUT2D eigenvalue weighted by molar-refractivity contribution is 9.10. The van der Waals surface area contributed by atoms with Gasteiger partial charge in [-0.25, -0.2) is 0 Å². The molecule has 2 rings (SSSR count). The third kappa shape index (κ3) is 3.73. The van der Waals surface area contributed by atoms with Crippen molar-refractivity contribution in [2.45, 2.75) is 44.8 Å². The highest BCUT2D eigenvalue weighted by atomic mass is 79.9. The molecule has 6 heteroatoms. The van der Waals surface area contributed by atoms with E-state index in [1.54, 1.807) is 0 Å². The van der Waals surface area contributed by atoms with Crippen LogP contribution in [-0.4, -0.2) is 18.3 Å². The third-order valence-corrected chi connectivity index (χ3v) is 4.63. The molecule has 0 amide bonds. The maximum absolute atomic E-state index is 12.2. The molecular formula is C15H18BBrF2O2. The third-order valence-electron chi connectivity index (χ3n) is 4.10. The fourth-order valence-corrected chi connectivity index (χ4v) is 2.63. The number of halogens is 3. The van der Waals surface area contributed by atoms with Crippen molar-refractivity contribution >= 4 is 28.5 Å². The summed E-state index contributed by atoms with van der Waals surface area (Å²) in [5, 5.41) is 0. The summed E-state index contributed by atoms with van der Waals surface area (Å²) in [6.07, 6.45) is 0.0144. The molecule has 21 heavy (non-hydrogen) atoms. The monoisotopic (exact) mass is 358 g/mol. The normalized spacial score (nSPS) is 24.2. The minimum absolute atomic E-state index is 0.263. The van der Waals surface area contributed by atoms with Crippen LogP contribution in [0.25, 0.3) is 0 Å². The van der Waals surface area contributed by atoms with Crippen molar-refractivity contribution in [3.8, 4) is 0 Å². The van der Waals surface area contributed by atoms with Gasteiger partial charge in [-0.1, -0.05) is 28.1 Å². The van der Waals surface area contributed by atoms with E-state index >= 15 is 0 Å². The topological polar surface area (TPSA) is 18.5 Å². The van der Waals surface area contributed by atoms with Gasteiger partial charge >= 0.3 is 7.12 Å². The Morgan fingerprint density at radius 1 is 1.19 bits per heavy atom. The predicted octanol–water partition coefficient (Wildman–Crippen LogP) is 4.29. The van der Waals surface area contributed by atoms with E-state index in [1.165, 1.54) is 0 Å². The maximum Gasteiger partial charge on any atom is 0.494 e. The number of hydrogen-bond acceptors (Lipinski definition) is 2. The zero-order valence-electron chi connectivity index (χ0n) is 12.3. The number of rotatable bonds is 4. The van der Waals surface area contributed by atoms with Gasteiger partial charge in [-0.3, -0.25) is 0 Å². The first-order valence-corrected chi connectivity index (χ1v) is 7.65. The van der Waals surface area contributed by atoms with E-state index in [4.69, 9.17) is 9.31 Å². The molecule has 0 aromatic heterocycles. The molecule has 1 aromatic rings. The van der Waals surface area contributed by atoms with Crippen LogP contribution in [0, 0.1) is 0 Å². The fraction of sp³-hybridized carbons (Fsp3) is 0.467. The van der Waals surface area contributed by atoms with Crippen molar-refractivity contribution in [2.75, 3.05) is 0 Å². The molecule has 1 unspecified atom stereocenters. The highest BCUT2D eigenvalue weighted by Gasteiger charge is 2.53. The van der Waals surface area contributed by atoms with Crippen molar-refractivity contribution in [3.05, 3.63) is 40.9 Å². The molecule has 0 bridgehead atoms. The van der Waals surface area contributed by atoms with Crippen LogP contribution in [0.3, 0.4) is 0 Å². The number of allylic oxidation sites excluding steroid dienone is 1. The molecule has 1 atom stereocenters. The Morgan fingerprint density at radius 3 is 2.38 bits per heavy atom. The van der Waals surface area contributed by atoms with Crippen LogP contribution in [0.1, 0.15) is 33.6 Å². The van der Waals surface area contributed by atoms with Gasteiger partial charge in [0, 0.05) is 4.47 Å². The summed E-state index contributed by atoms with van der Waals surface area (Å²) in [5.41, 5.74) is -0.246. The standard InChI is InChI=1S/C15H18BBrF2O2/c1-14(2)15(3,10-4-5-13(18)19)21-16(20-14)11-6-8-12(17)9-7-11/h5-9H,4,10H2,1-3H3. The molecule has 1 fully saturated rings. The largest absolute Gasteiger partial charge is 0.494 e. The fourth-order valence-electron chi connectivity index (χ4n) is 2.37. The summed E-state index contributed by atoms with van der Waals surface area (Å²) in [6.45, 7) is 5.78. The van der Waals surface area contributed by atoms with E-state index in [0.717, 1.165) is 16.0 Å². The van der Waals surface area contributed by atoms with Crippen LogP contribution >= 0.6 is 15.9 Å². The van der Waals surface area contributed by atoms with Gasteiger partial charge in [-0.2, -0.15) is 8.78 Å². The second-order valence-electron chi connectivity index (χ2n) is 5.89. The molecule has 0 aliphatic carbocycles. The zero-order valence-corrected chi connectivity index (χ0v) is 13.9. The lowest BCUT2D eigenvalue weighted by atomic mass is 9.79. The maximum atomic E-state index is 12.2.